The van der Waals surface area contributed by atoms with Crippen LogP contribution in [-0.4, -0.2) is 32.6 Å². The molecule has 3 heterocycles. The second kappa shape index (κ2) is 4.83. The second-order valence-corrected chi connectivity index (χ2v) is 5.30. The Hall–Kier alpha value is -2.90. The largest absolute Gasteiger partial charge is 0.355 e. The fourth-order valence-electron chi connectivity index (χ4n) is 2.70. The van der Waals surface area contributed by atoms with Crippen LogP contribution in [0.25, 0.3) is 22.5 Å². The lowest BCUT2D eigenvalue weighted by molar-refractivity contribution is -0.122. The number of para-hydroxylation sites is 1. The van der Waals surface area contributed by atoms with Crippen LogP contribution >= 0.6 is 0 Å². The summed E-state index contributed by atoms with van der Waals surface area (Å²) in [7, 11) is 0. The van der Waals surface area contributed by atoms with Crippen LogP contribution in [-0.2, 0) is 4.79 Å². The number of aromatic nitrogens is 4. The molecule has 3 aromatic rings. The number of rotatable bonds is 2. The maximum absolute atomic E-state index is 11.4. The Balaban J connectivity index is 1.71. The summed E-state index contributed by atoms with van der Waals surface area (Å²) >= 11 is 0. The van der Waals surface area contributed by atoms with Crippen molar-refractivity contribution in [3.63, 3.8) is 0 Å². The molecule has 0 aliphatic carbocycles. The summed E-state index contributed by atoms with van der Waals surface area (Å²) in [5, 5.41) is 6.81. The number of benzene rings is 1. The summed E-state index contributed by atoms with van der Waals surface area (Å²) in [6.45, 7) is 0.517. The molecule has 1 aliphatic rings. The molecule has 1 unspecified atom stereocenters. The van der Waals surface area contributed by atoms with E-state index < -0.39 is 0 Å². The van der Waals surface area contributed by atoms with Gasteiger partial charge in [-0.25, -0.2) is 4.79 Å². The van der Waals surface area contributed by atoms with Gasteiger partial charge in [0.05, 0.1) is 16.6 Å². The molecule has 1 saturated heterocycles. The number of carbonyl (C=O) groups excluding carboxylic acids is 1. The molecule has 2 aromatic heterocycles. The van der Waals surface area contributed by atoms with E-state index in [0.717, 1.165) is 0 Å². The molecule has 3 N–H and O–H groups in total. The van der Waals surface area contributed by atoms with Gasteiger partial charge in [-0.15, -0.1) is 0 Å². The highest BCUT2D eigenvalue weighted by molar-refractivity contribution is 5.89. The van der Waals surface area contributed by atoms with Crippen LogP contribution in [0.4, 0.5) is 0 Å². The van der Waals surface area contributed by atoms with Gasteiger partial charge < -0.3 is 19.8 Å². The maximum atomic E-state index is 11.4. The van der Waals surface area contributed by atoms with Crippen LogP contribution in [0.15, 0.2) is 27.5 Å². The summed E-state index contributed by atoms with van der Waals surface area (Å²) in [5.74, 6) is 1.03. The smallest absolute Gasteiger partial charge is 0.323 e. The first-order valence-electron chi connectivity index (χ1n) is 7.02. The number of aromatic amines is 2. The van der Waals surface area contributed by atoms with Gasteiger partial charge in [0.25, 0.3) is 5.89 Å². The fraction of sp³-hybridized carbons (Fsp3) is 0.286. The molecule has 0 saturated carbocycles. The SMILES string of the molecule is O=C1CCC(c2noc(-c3cccc4[nH]c(=O)[nH]c34)n2)CN1. The van der Waals surface area contributed by atoms with Gasteiger partial charge in [0.15, 0.2) is 5.82 Å². The second-order valence-electron chi connectivity index (χ2n) is 5.30. The number of amides is 1. The number of hydrogen-bond acceptors (Lipinski definition) is 5. The zero-order valence-electron chi connectivity index (χ0n) is 11.5. The van der Waals surface area contributed by atoms with Crippen molar-refractivity contribution < 1.29 is 9.32 Å². The first-order valence-corrected chi connectivity index (χ1v) is 7.02. The monoisotopic (exact) mass is 299 g/mol. The summed E-state index contributed by atoms with van der Waals surface area (Å²) in [6, 6.07) is 5.42. The molecule has 1 aliphatic heterocycles. The Labute approximate surface area is 123 Å². The highest BCUT2D eigenvalue weighted by Gasteiger charge is 2.24. The minimum atomic E-state index is -0.280. The number of H-pyrrole nitrogens is 2. The van der Waals surface area contributed by atoms with Crippen molar-refractivity contribution in [3.05, 3.63) is 34.5 Å². The summed E-state index contributed by atoms with van der Waals surface area (Å²) in [6.07, 6.45) is 1.17. The van der Waals surface area contributed by atoms with E-state index in [-0.39, 0.29) is 17.5 Å². The van der Waals surface area contributed by atoms with E-state index in [4.69, 9.17) is 4.52 Å². The average molecular weight is 299 g/mol. The quantitative estimate of drug-likeness (QED) is 0.650. The molecule has 0 bridgehead atoms. The van der Waals surface area contributed by atoms with Gasteiger partial charge in [0, 0.05) is 18.9 Å². The number of nitrogens with zero attached hydrogens (tertiary/aromatic N) is 2. The Kier molecular flexibility index (Phi) is 2.81. The van der Waals surface area contributed by atoms with Gasteiger partial charge >= 0.3 is 5.69 Å². The van der Waals surface area contributed by atoms with E-state index >= 15 is 0 Å². The Morgan fingerprint density at radius 3 is 2.95 bits per heavy atom. The summed E-state index contributed by atoms with van der Waals surface area (Å²) < 4.78 is 5.34. The minimum Gasteiger partial charge on any atom is -0.355 e. The molecule has 1 aromatic carbocycles. The van der Waals surface area contributed by atoms with Crippen molar-refractivity contribution in [2.45, 2.75) is 18.8 Å². The van der Waals surface area contributed by atoms with E-state index in [9.17, 15) is 9.59 Å². The van der Waals surface area contributed by atoms with E-state index in [1.165, 1.54) is 0 Å². The van der Waals surface area contributed by atoms with Crippen LogP contribution in [0, 0.1) is 0 Å². The average Bonchev–Trinajstić information content (AvgIpc) is 3.13. The van der Waals surface area contributed by atoms with Crippen LogP contribution in [0.2, 0.25) is 0 Å². The Morgan fingerprint density at radius 1 is 1.23 bits per heavy atom. The number of hydrogen-bond donors (Lipinski definition) is 3. The van der Waals surface area contributed by atoms with E-state index in [1.54, 1.807) is 6.07 Å². The van der Waals surface area contributed by atoms with Crippen molar-refractivity contribution >= 4 is 16.9 Å². The Bertz CT molecular complexity index is 896. The van der Waals surface area contributed by atoms with Gasteiger partial charge in [-0.05, 0) is 18.6 Å². The number of fused-ring (bicyclic) bond motifs is 1. The molecular weight excluding hydrogens is 286 g/mol. The third-order valence-electron chi connectivity index (χ3n) is 3.85. The Morgan fingerprint density at radius 2 is 2.14 bits per heavy atom. The van der Waals surface area contributed by atoms with Gasteiger partial charge in [-0.2, -0.15) is 4.98 Å². The van der Waals surface area contributed by atoms with Gasteiger partial charge in [-0.3, -0.25) is 4.79 Å². The van der Waals surface area contributed by atoms with Gasteiger partial charge in [0.1, 0.15) is 0 Å². The molecule has 0 spiro atoms. The molecule has 22 heavy (non-hydrogen) atoms. The molecule has 0 radical (unpaired) electrons. The van der Waals surface area contributed by atoms with Crippen LogP contribution in [0.3, 0.4) is 0 Å². The lowest BCUT2D eigenvalue weighted by Crippen LogP contribution is -2.34. The molecular formula is C14H13N5O3. The van der Waals surface area contributed by atoms with Crippen LogP contribution in [0.5, 0.6) is 0 Å². The van der Waals surface area contributed by atoms with E-state index in [0.29, 0.717) is 47.7 Å². The first-order chi connectivity index (χ1) is 10.7. The van der Waals surface area contributed by atoms with Gasteiger partial charge in [0.2, 0.25) is 5.91 Å². The van der Waals surface area contributed by atoms with Crippen molar-refractivity contribution in [2.75, 3.05) is 6.54 Å². The summed E-state index contributed by atoms with van der Waals surface area (Å²) in [5.41, 5.74) is 1.72. The lowest BCUT2D eigenvalue weighted by Gasteiger charge is -2.18. The third kappa shape index (κ3) is 2.09. The third-order valence-corrected chi connectivity index (χ3v) is 3.85. The highest BCUT2D eigenvalue weighted by Crippen LogP contribution is 2.27. The van der Waals surface area contributed by atoms with Crippen molar-refractivity contribution in [3.8, 4) is 11.5 Å². The molecule has 8 nitrogen and oxygen atoms in total. The lowest BCUT2D eigenvalue weighted by atomic mass is 9.99. The number of nitrogens with one attached hydrogen (secondary N) is 3. The number of imidazole rings is 1. The topological polar surface area (TPSA) is 117 Å². The fourth-order valence-corrected chi connectivity index (χ4v) is 2.70. The van der Waals surface area contributed by atoms with Crippen LogP contribution in [0.1, 0.15) is 24.6 Å². The molecule has 8 heteroatoms. The molecule has 112 valence electrons. The maximum Gasteiger partial charge on any atom is 0.323 e. The number of carbonyl (C=O) groups is 1. The molecule has 1 fully saturated rings. The first kappa shape index (κ1) is 12.8. The predicted molar refractivity (Wildman–Crippen MR) is 77.2 cm³/mol. The normalized spacial score (nSPS) is 18.5. The van der Waals surface area contributed by atoms with E-state index in [2.05, 4.69) is 25.4 Å². The summed E-state index contributed by atoms with van der Waals surface area (Å²) in [4.78, 5) is 32.5. The molecule has 4 rings (SSSR count). The van der Waals surface area contributed by atoms with Crippen LogP contribution < -0.4 is 11.0 Å². The highest BCUT2D eigenvalue weighted by atomic mass is 16.5. The van der Waals surface area contributed by atoms with Crippen molar-refractivity contribution in [1.29, 1.82) is 0 Å². The van der Waals surface area contributed by atoms with Gasteiger partial charge in [-0.1, -0.05) is 11.2 Å². The van der Waals surface area contributed by atoms with Crippen molar-refractivity contribution in [2.24, 2.45) is 0 Å². The number of piperidine rings is 1. The van der Waals surface area contributed by atoms with E-state index in [1.807, 2.05) is 12.1 Å². The van der Waals surface area contributed by atoms with Crippen molar-refractivity contribution in [1.82, 2.24) is 25.4 Å². The molecule has 1 atom stereocenters. The zero-order valence-corrected chi connectivity index (χ0v) is 11.5. The zero-order chi connectivity index (χ0) is 15.1. The predicted octanol–water partition coefficient (Wildman–Crippen LogP) is 0.900. The minimum absolute atomic E-state index is 0.0506. The standard InChI is InChI=1S/C14H13N5O3/c20-10-5-4-7(6-15-10)12-18-13(22-19-12)8-2-1-3-9-11(8)17-14(21)16-9/h1-3,7H,4-6H2,(H,15,20)(H2,16,17,21). The molecule has 1 amide bonds.